The summed E-state index contributed by atoms with van der Waals surface area (Å²) >= 11 is 0. The second-order valence-corrected chi connectivity index (χ2v) is 7.00. The first-order chi connectivity index (χ1) is 9.09. The molecule has 0 aliphatic heterocycles. The standard InChI is InChI=1S/C15H21NO3/c1-7(15(18)19)16(10-4-5-10)14(17)13-11-8-2-3-9(6-8)12(11)13/h7-13H,2-6H2,1H3,(H,18,19)/t7-,8+,9+,11+,12+/m1/s1. The van der Waals surface area contributed by atoms with Crippen LogP contribution in [0.2, 0.25) is 0 Å². The number of carbonyl (C=O) groups excluding carboxylic acids is 1. The van der Waals surface area contributed by atoms with Gasteiger partial charge in [0, 0.05) is 12.0 Å². The molecule has 4 fully saturated rings. The molecule has 0 aromatic carbocycles. The highest BCUT2D eigenvalue weighted by Crippen LogP contribution is 2.69. The summed E-state index contributed by atoms with van der Waals surface area (Å²) in [5.41, 5.74) is 0. The molecule has 4 aliphatic rings. The summed E-state index contributed by atoms with van der Waals surface area (Å²) < 4.78 is 0. The van der Waals surface area contributed by atoms with Crippen molar-refractivity contribution in [1.29, 1.82) is 0 Å². The molecule has 5 atom stereocenters. The average Bonchev–Trinajstić information content (AvgIpc) is 3.28. The van der Waals surface area contributed by atoms with E-state index in [1.165, 1.54) is 19.3 Å². The van der Waals surface area contributed by atoms with Crippen molar-refractivity contribution in [2.45, 2.75) is 51.1 Å². The molecule has 4 rings (SSSR count). The van der Waals surface area contributed by atoms with Crippen LogP contribution in [0.5, 0.6) is 0 Å². The fourth-order valence-corrected chi connectivity index (χ4v) is 4.99. The third-order valence-corrected chi connectivity index (χ3v) is 5.99. The van der Waals surface area contributed by atoms with Crippen LogP contribution < -0.4 is 0 Å². The molecule has 104 valence electrons. The summed E-state index contributed by atoms with van der Waals surface area (Å²) in [7, 11) is 0. The normalized spacial score (nSPS) is 43.7. The van der Waals surface area contributed by atoms with Crippen LogP contribution in [0.3, 0.4) is 0 Å². The van der Waals surface area contributed by atoms with Crippen molar-refractivity contribution < 1.29 is 14.7 Å². The third-order valence-electron chi connectivity index (χ3n) is 5.99. The topological polar surface area (TPSA) is 57.6 Å². The highest BCUT2D eigenvalue weighted by molar-refractivity contribution is 5.88. The number of carboxylic acid groups (broad SMARTS) is 1. The lowest BCUT2D eigenvalue weighted by Crippen LogP contribution is -2.46. The van der Waals surface area contributed by atoms with Crippen molar-refractivity contribution in [3.8, 4) is 0 Å². The van der Waals surface area contributed by atoms with Gasteiger partial charge in [-0.3, -0.25) is 4.79 Å². The fraction of sp³-hybridized carbons (Fsp3) is 0.867. The van der Waals surface area contributed by atoms with E-state index in [4.69, 9.17) is 0 Å². The fourth-order valence-electron chi connectivity index (χ4n) is 4.99. The van der Waals surface area contributed by atoms with Gasteiger partial charge in [-0.1, -0.05) is 0 Å². The molecular weight excluding hydrogens is 242 g/mol. The molecule has 4 heteroatoms. The molecule has 0 aromatic rings. The number of hydrogen-bond acceptors (Lipinski definition) is 2. The number of carbonyl (C=O) groups is 2. The van der Waals surface area contributed by atoms with Crippen LogP contribution in [0.15, 0.2) is 0 Å². The zero-order valence-electron chi connectivity index (χ0n) is 11.3. The minimum absolute atomic E-state index is 0.156. The van der Waals surface area contributed by atoms with E-state index in [0.717, 1.165) is 24.7 Å². The largest absolute Gasteiger partial charge is 0.480 e. The molecular formula is C15H21NO3. The van der Waals surface area contributed by atoms with Crippen LogP contribution in [-0.4, -0.2) is 34.0 Å². The highest BCUT2D eigenvalue weighted by Gasteiger charge is 2.68. The van der Waals surface area contributed by atoms with Gasteiger partial charge in [0.25, 0.3) is 0 Å². The summed E-state index contributed by atoms with van der Waals surface area (Å²) in [6.07, 6.45) is 5.90. The highest BCUT2D eigenvalue weighted by atomic mass is 16.4. The van der Waals surface area contributed by atoms with Gasteiger partial charge in [-0.05, 0) is 62.7 Å². The van der Waals surface area contributed by atoms with Gasteiger partial charge in [0.2, 0.25) is 5.91 Å². The number of rotatable bonds is 4. The predicted molar refractivity (Wildman–Crippen MR) is 68.3 cm³/mol. The van der Waals surface area contributed by atoms with Crippen molar-refractivity contribution >= 4 is 11.9 Å². The van der Waals surface area contributed by atoms with Crippen molar-refractivity contribution in [2.24, 2.45) is 29.6 Å². The molecule has 2 bridgehead atoms. The molecule has 1 amide bonds. The Bertz CT molecular complexity index is 429. The maximum Gasteiger partial charge on any atom is 0.326 e. The molecule has 4 nitrogen and oxygen atoms in total. The molecule has 1 N–H and O–H groups in total. The number of amides is 1. The first-order valence-corrected chi connectivity index (χ1v) is 7.64. The average molecular weight is 263 g/mol. The molecule has 19 heavy (non-hydrogen) atoms. The van der Waals surface area contributed by atoms with Gasteiger partial charge in [-0.25, -0.2) is 4.79 Å². The monoisotopic (exact) mass is 263 g/mol. The zero-order valence-corrected chi connectivity index (χ0v) is 11.3. The first-order valence-electron chi connectivity index (χ1n) is 7.64. The Morgan fingerprint density at radius 1 is 1.11 bits per heavy atom. The summed E-state index contributed by atoms with van der Waals surface area (Å²) in [5, 5.41) is 9.21. The van der Waals surface area contributed by atoms with Crippen LogP contribution in [0.25, 0.3) is 0 Å². The molecule has 0 radical (unpaired) electrons. The van der Waals surface area contributed by atoms with E-state index in [9.17, 15) is 14.7 Å². The Labute approximate surface area is 113 Å². The quantitative estimate of drug-likeness (QED) is 0.840. The van der Waals surface area contributed by atoms with Gasteiger partial charge in [-0.15, -0.1) is 0 Å². The molecule has 0 saturated heterocycles. The van der Waals surface area contributed by atoms with Crippen molar-refractivity contribution in [3.05, 3.63) is 0 Å². The molecule has 0 unspecified atom stereocenters. The van der Waals surface area contributed by atoms with E-state index >= 15 is 0 Å². The second kappa shape index (κ2) is 3.74. The maximum atomic E-state index is 12.7. The lowest BCUT2D eigenvalue weighted by atomic mass is 10.0. The van der Waals surface area contributed by atoms with Gasteiger partial charge < -0.3 is 10.0 Å². The smallest absolute Gasteiger partial charge is 0.326 e. The molecule has 0 spiro atoms. The minimum atomic E-state index is -0.867. The minimum Gasteiger partial charge on any atom is -0.480 e. The number of fused-ring (bicyclic) bond motifs is 5. The zero-order chi connectivity index (χ0) is 13.3. The van der Waals surface area contributed by atoms with Gasteiger partial charge >= 0.3 is 5.97 Å². The summed E-state index contributed by atoms with van der Waals surface area (Å²) in [6.45, 7) is 1.66. The molecule has 0 aromatic heterocycles. The van der Waals surface area contributed by atoms with Crippen molar-refractivity contribution in [2.75, 3.05) is 0 Å². The third kappa shape index (κ3) is 1.58. The van der Waals surface area contributed by atoms with E-state index in [-0.39, 0.29) is 17.9 Å². The van der Waals surface area contributed by atoms with E-state index < -0.39 is 12.0 Å². The summed E-state index contributed by atoms with van der Waals surface area (Å²) in [6, 6.07) is -0.448. The molecule has 0 heterocycles. The number of hydrogen-bond donors (Lipinski definition) is 1. The van der Waals surface area contributed by atoms with Crippen LogP contribution in [0, 0.1) is 29.6 Å². The summed E-state index contributed by atoms with van der Waals surface area (Å²) in [5.74, 6) is 2.21. The van der Waals surface area contributed by atoms with E-state index in [2.05, 4.69) is 0 Å². The molecule has 4 saturated carbocycles. The van der Waals surface area contributed by atoms with Crippen LogP contribution >= 0.6 is 0 Å². The maximum absolute atomic E-state index is 12.7. The van der Waals surface area contributed by atoms with Crippen LogP contribution in [0.1, 0.15) is 39.0 Å². The Morgan fingerprint density at radius 2 is 1.68 bits per heavy atom. The number of aliphatic carboxylic acids is 1. The first kappa shape index (κ1) is 11.7. The lowest BCUT2D eigenvalue weighted by molar-refractivity contribution is -0.151. The van der Waals surface area contributed by atoms with Gasteiger partial charge in [-0.2, -0.15) is 0 Å². The SMILES string of the molecule is C[C@H](C(=O)O)N(C(=O)C1[C@H]2[C@H]3CC[C@@H](C3)[C@H]12)C1CC1. The van der Waals surface area contributed by atoms with Crippen molar-refractivity contribution in [1.82, 2.24) is 4.90 Å². The van der Waals surface area contributed by atoms with E-state index in [1.807, 2.05) is 0 Å². The van der Waals surface area contributed by atoms with Gasteiger partial charge in [0.1, 0.15) is 6.04 Å². The summed E-state index contributed by atoms with van der Waals surface area (Å²) in [4.78, 5) is 25.6. The second-order valence-electron chi connectivity index (χ2n) is 7.00. The van der Waals surface area contributed by atoms with E-state index in [0.29, 0.717) is 11.8 Å². The lowest BCUT2D eigenvalue weighted by Gasteiger charge is -2.27. The van der Waals surface area contributed by atoms with Gasteiger partial charge in [0.05, 0.1) is 0 Å². The van der Waals surface area contributed by atoms with Crippen molar-refractivity contribution in [3.63, 3.8) is 0 Å². The van der Waals surface area contributed by atoms with Crippen LogP contribution in [-0.2, 0) is 9.59 Å². The number of nitrogens with zero attached hydrogens (tertiary/aromatic N) is 1. The Kier molecular flexibility index (Phi) is 2.31. The van der Waals surface area contributed by atoms with Gasteiger partial charge in [0.15, 0.2) is 0 Å². The Hall–Kier alpha value is -1.06. The Morgan fingerprint density at radius 3 is 2.16 bits per heavy atom. The Balaban J connectivity index is 1.52. The molecule has 4 aliphatic carbocycles. The van der Waals surface area contributed by atoms with E-state index in [1.54, 1.807) is 11.8 Å². The predicted octanol–water partition coefficient (Wildman–Crippen LogP) is 1.74. The van der Waals surface area contributed by atoms with Crippen LogP contribution in [0.4, 0.5) is 0 Å². The number of carboxylic acids is 1.